The summed E-state index contributed by atoms with van der Waals surface area (Å²) in [4.78, 5) is 12.1. The predicted molar refractivity (Wildman–Crippen MR) is 120 cm³/mol. The van der Waals surface area contributed by atoms with Crippen LogP contribution in [-0.4, -0.2) is 47.5 Å². The van der Waals surface area contributed by atoms with Gasteiger partial charge in [-0.2, -0.15) is 0 Å². The molecule has 0 amide bonds. The number of sulfonamides is 1. The number of carbonyl (C=O) groups excluding carboxylic acids is 1. The monoisotopic (exact) mass is 511 g/mol. The number of esters is 1. The van der Waals surface area contributed by atoms with E-state index in [0.717, 1.165) is 31.4 Å². The first kappa shape index (κ1) is 23.2. The number of fused-ring (bicyclic) bond motifs is 2. The first-order valence-corrected chi connectivity index (χ1v) is 14.2. The summed E-state index contributed by atoms with van der Waals surface area (Å²) >= 11 is 0. The topological polar surface area (TPSA) is 97.8 Å². The minimum atomic E-state index is -4.25. The normalized spacial score (nSPS) is 23.0. The maximum atomic E-state index is 16.0. The van der Waals surface area contributed by atoms with Crippen LogP contribution >= 0.6 is 0 Å². The van der Waals surface area contributed by atoms with Crippen LogP contribution in [0.5, 0.6) is 0 Å². The van der Waals surface area contributed by atoms with Crippen molar-refractivity contribution in [2.75, 3.05) is 22.9 Å². The maximum absolute atomic E-state index is 16.0. The molecule has 1 unspecified atom stereocenters. The number of nitrogens with zero attached hydrogens (tertiary/aromatic N) is 1. The number of carbonyl (C=O) groups is 1. The van der Waals surface area contributed by atoms with Gasteiger partial charge < -0.3 is 4.74 Å². The van der Waals surface area contributed by atoms with E-state index in [-0.39, 0.29) is 52.0 Å². The number of benzene rings is 2. The predicted octanol–water partition coefficient (Wildman–Crippen LogP) is 3.19. The second-order valence-corrected chi connectivity index (χ2v) is 13.3. The molecule has 1 atom stereocenters. The van der Waals surface area contributed by atoms with Gasteiger partial charge in [-0.1, -0.05) is 0 Å². The van der Waals surface area contributed by atoms with Crippen LogP contribution in [0.15, 0.2) is 41.3 Å². The fraction of sp³-hybridized carbons (Fsp3) is 0.435. The van der Waals surface area contributed by atoms with E-state index in [4.69, 9.17) is 4.74 Å². The molecule has 2 heterocycles. The van der Waals surface area contributed by atoms with Crippen molar-refractivity contribution in [1.29, 1.82) is 0 Å². The molecule has 11 heteroatoms. The molecule has 1 aliphatic carbocycles. The summed E-state index contributed by atoms with van der Waals surface area (Å²) in [5.41, 5.74) is -1.30. The zero-order valence-corrected chi connectivity index (χ0v) is 20.0. The van der Waals surface area contributed by atoms with Gasteiger partial charge in [-0.05, 0) is 68.0 Å². The van der Waals surface area contributed by atoms with E-state index < -0.39 is 48.9 Å². The highest BCUT2D eigenvalue weighted by Gasteiger charge is 2.62. The molecule has 1 saturated carbocycles. The van der Waals surface area contributed by atoms with E-state index >= 15 is 4.39 Å². The largest absolute Gasteiger partial charge is 0.465 e. The molecule has 0 bridgehead atoms. The minimum absolute atomic E-state index is 0.0421. The first-order chi connectivity index (χ1) is 16.0. The second-order valence-electron chi connectivity index (χ2n) is 9.16. The van der Waals surface area contributed by atoms with E-state index in [1.165, 1.54) is 16.4 Å². The summed E-state index contributed by atoms with van der Waals surface area (Å²) in [6, 6.07) is 6.26. The van der Waals surface area contributed by atoms with E-state index in [0.29, 0.717) is 12.8 Å². The standard InChI is InChI=1S/C23H23F2NO6S2/c1-32-22(27)17-8-9-18-19(20(17)25)23(10-12-33(28,29)13-11-23)21(14-2-3-14)26(18)34(30,31)16-6-4-15(24)5-7-16/h4-9,14,21H,2-3,10-13H2,1H3. The van der Waals surface area contributed by atoms with Gasteiger partial charge in [-0.3, -0.25) is 4.31 Å². The van der Waals surface area contributed by atoms with Crippen molar-refractivity contribution in [3.63, 3.8) is 0 Å². The molecule has 2 aromatic carbocycles. The van der Waals surface area contributed by atoms with Gasteiger partial charge in [0.25, 0.3) is 10.0 Å². The Labute approximate surface area is 196 Å². The Hall–Kier alpha value is -2.53. The maximum Gasteiger partial charge on any atom is 0.340 e. The molecule has 7 nitrogen and oxygen atoms in total. The molecule has 5 rings (SSSR count). The summed E-state index contributed by atoms with van der Waals surface area (Å²) in [5, 5.41) is 0. The molecule has 2 fully saturated rings. The molecule has 0 radical (unpaired) electrons. The Kier molecular flexibility index (Phi) is 5.29. The second kappa shape index (κ2) is 7.74. The summed E-state index contributed by atoms with van der Waals surface area (Å²) in [6.45, 7) is 0. The highest BCUT2D eigenvalue weighted by molar-refractivity contribution is 7.93. The highest BCUT2D eigenvalue weighted by atomic mass is 32.2. The van der Waals surface area contributed by atoms with Crippen molar-refractivity contribution < 1.29 is 35.1 Å². The van der Waals surface area contributed by atoms with Gasteiger partial charge in [-0.25, -0.2) is 30.4 Å². The average molecular weight is 512 g/mol. The SMILES string of the molecule is COC(=O)c1ccc2c(c1F)C1(CCS(=O)(=O)CC1)C(C1CC1)N2S(=O)(=O)c1ccc(F)cc1. The Morgan fingerprint density at radius 1 is 1.06 bits per heavy atom. The van der Waals surface area contributed by atoms with Crippen molar-refractivity contribution in [2.45, 2.75) is 42.0 Å². The Morgan fingerprint density at radius 2 is 1.68 bits per heavy atom. The van der Waals surface area contributed by atoms with Crippen molar-refractivity contribution in [3.05, 3.63) is 59.2 Å². The number of hydrogen-bond acceptors (Lipinski definition) is 6. The van der Waals surface area contributed by atoms with E-state index in [1.807, 2.05) is 0 Å². The molecular weight excluding hydrogens is 488 g/mol. The van der Waals surface area contributed by atoms with Crippen molar-refractivity contribution in [2.24, 2.45) is 5.92 Å². The molecule has 3 aliphatic rings. The summed E-state index contributed by atoms with van der Waals surface area (Å²) < 4.78 is 87.7. The van der Waals surface area contributed by atoms with Crippen LogP contribution < -0.4 is 4.31 Å². The fourth-order valence-corrected chi connectivity index (χ4v) is 8.86. The van der Waals surface area contributed by atoms with Crippen LogP contribution in [0.1, 0.15) is 41.6 Å². The number of rotatable bonds is 4. The number of sulfone groups is 1. The van der Waals surface area contributed by atoms with Crippen molar-refractivity contribution >= 4 is 31.5 Å². The molecule has 34 heavy (non-hydrogen) atoms. The van der Waals surface area contributed by atoms with E-state index in [2.05, 4.69) is 0 Å². The number of hydrogen-bond donors (Lipinski definition) is 0. The summed E-state index contributed by atoms with van der Waals surface area (Å²) in [7, 11) is -6.48. The zero-order valence-electron chi connectivity index (χ0n) is 18.3. The minimum Gasteiger partial charge on any atom is -0.465 e. The number of anilines is 1. The van der Waals surface area contributed by atoms with E-state index in [1.54, 1.807) is 0 Å². The lowest BCUT2D eigenvalue weighted by molar-refractivity contribution is 0.0595. The molecule has 2 aliphatic heterocycles. The van der Waals surface area contributed by atoms with Gasteiger partial charge in [-0.15, -0.1) is 0 Å². The van der Waals surface area contributed by atoms with Crippen LogP contribution in [-0.2, 0) is 30.0 Å². The van der Waals surface area contributed by atoms with Crippen LogP contribution in [0.25, 0.3) is 0 Å². The van der Waals surface area contributed by atoms with Gasteiger partial charge in [0, 0.05) is 11.0 Å². The lowest BCUT2D eigenvalue weighted by Gasteiger charge is -2.41. The van der Waals surface area contributed by atoms with Crippen LogP contribution in [0, 0.1) is 17.6 Å². The van der Waals surface area contributed by atoms with Gasteiger partial charge in [0.1, 0.15) is 21.5 Å². The molecule has 2 aromatic rings. The lowest BCUT2D eigenvalue weighted by atomic mass is 9.70. The molecule has 1 saturated heterocycles. The number of methoxy groups -OCH3 is 1. The molecule has 0 aromatic heterocycles. The van der Waals surface area contributed by atoms with Crippen molar-refractivity contribution in [3.8, 4) is 0 Å². The summed E-state index contributed by atoms with van der Waals surface area (Å²) in [6.07, 6.45) is 1.52. The molecule has 0 N–H and O–H groups in total. The quantitative estimate of drug-likeness (QED) is 0.585. The average Bonchev–Trinajstić information content (AvgIpc) is 3.59. The van der Waals surface area contributed by atoms with Crippen LogP contribution in [0.2, 0.25) is 0 Å². The van der Waals surface area contributed by atoms with Crippen molar-refractivity contribution in [1.82, 2.24) is 0 Å². The van der Waals surface area contributed by atoms with Gasteiger partial charge >= 0.3 is 5.97 Å². The van der Waals surface area contributed by atoms with Gasteiger partial charge in [0.15, 0.2) is 0 Å². The van der Waals surface area contributed by atoms with Crippen LogP contribution in [0.3, 0.4) is 0 Å². The Morgan fingerprint density at radius 3 is 2.24 bits per heavy atom. The number of ether oxygens (including phenoxy) is 1. The zero-order chi connectivity index (χ0) is 24.5. The third-order valence-electron chi connectivity index (χ3n) is 7.24. The van der Waals surface area contributed by atoms with Crippen LogP contribution in [0.4, 0.5) is 14.5 Å². The third kappa shape index (κ3) is 3.43. The highest BCUT2D eigenvalue weighted by Crippen LogP contribution is 2.60. The lowest BCUT2D eigenvalue weighted by Crippen LogP contribution is -2.52. The Balaban J connectivity index is 1.77. The third-order valence-corrected chi connectivity index (χ3v) is 10.7. The van der Waals surface area contributed by atoms with Gasteiger partial charge in [0.05, 0.1) is 40.8 Å². The first-order valence-electron chi connectivity index (χ1n) is 10.9. The molecule has 182 valence electrons. The molecular formula is C23H23F2NO6S2. The Bertz CT molecular complexity index is 1370. The summed E-state index contributed by atoms with van der Waals surface area (Å²) in [5.74, 6) is -2.89. The van der Waals surface area contributed by atoms with Gasteiger partial charge in [0.2, 0.25) is 0 Å². The number of halogens is 2. The smallest absolute Gasteiger partial charge is 0.340 e. The van der Waals surface area contributed by atoms with E-state index in [9.17, 15) is 26.0 Å². The molecule has 1 spiro atoms. The fourth-order valence-electron chi connectivity index (χ4n) is 5.51.